The summed E-state index contributed by atoms with van der Waals surface area (Å²) in [6.07, 6.45) is 0.192. The maximum atomic E-state index is 12.4. The Bertz CT molecular complexity index is 536. The van der Waals surface area contributed by atoms with Gasteiger partial charge in [-0.1, -0.05) is 15.9 Å². The summed E-state index contributed by atoms with van der Waals surface area (Å²) in [6, 6.07) is 6.41. The van der Waals surface area contributed by atoms with E-state index in [1.807, 2.05) is 6.92 Å². The van der Waals surface area contributed by atoms with Crippen molar-refractivity contribution in [2.75, 3.05) is 33.7 Å². The number of benzene rings is 1. The van der Waals surface area contributed by atoms with Crippen molar-refractivity contribution in [3.8, 4) is 0 Å². The molecule has 2 atom stereocenters. The van der Waals surface area contributed by atoms with Crippen molar-refractivity contribution < 1.29 is 28.9 Å². The number of ether oxygens (including phenoxy) is 3. The van der Waals surface area contributed by atoms with E-state index >= 15 is 0 Å². The molecule has 1 rings (SSSR count). The van der Waals surface area contributed by atoms with Gasteiger partial charge in [0.05, 0.1) is 25.2 Å². The third-order valence-corrected chi connectivity index (χ3v) is 3.95. The van der Waals surface area contributed by atoms with E-state index in [0.29, 0.717) is 12.2 Å². The second-order valence-corrected chi connectivity index (χ2v) is 6.30. The van der Waals surface area contributed by atoms with Gasteiger partial charge in [-0.25, -0.2) is 0 Å². The Morgan fingerprint density at radius 3 is 2.44 bits per heavy atom. The van der Waals surface area contributed by atoms with Crippen LogP contribution < -0.4 is 5.32 Å². The first-order valence-corrected chi connectivity index (χ1v) is 8.70. The SMILES string of the molecule is CCOCOCC(CC(COC)C(=O)O)NC(=O)c1ccc(Br)cc1. The van der Waals surface area contributed by atoms with Crippen molar-refractivity contribution in [3.05, 3.63) is 34.3 Å². The summed E-state index contributed by atoms with van der Waals surface area (Å²) in [7, 11) is 1.44. The molecule has 0 aliphatic heterocycles. The lowest BCUT2D eigenvalue weighted by atomic mass is 10.0. The van der Waals surface area contributed by atoms with Gasteiger partial charge < -0.3 is 24.6 Å². The fourth-order valence-electron chi connectivity index (χ4n) is 2.16. The standard InChI is InChI=1S/C17H24BrNO6/c1-3-24-11-25-10-15(8-13(9-23-2)17(21)22)19-16(20)12-4-6-14(18)7-5-12/h4-7,13,15H,3,8-11H2,1-2H3,(H,19,20)(H,21,22). The fourth-order valence-corrected chi connectivity index (χ4v) is 2.42. The van der Waals surface area contributed by atoms with Crippen molar-refractivity contribution >= 4 is 27.8 Å². The molecule has 0 aromatic heterocycles. The molecule has 0 radical (unpaired) electrons. The van der Waals surface area contributed by atoms with Crippen molar-refractivity contribution in [3.63, 3.8) is 0 Å². The molecule has 0 saturated heterocycles. The molecule has 0 saturated carbocycles. The molecule has 0 aliphatic carbocycles. The number of aliphatic carboxylic acids is 1. The zero-order chi connectivity index (χ0) is 18.7. The first-order chi connectivity index (χ1) is 12.0. The number of carboxylic acids is 1. The first-order valence-electron chi connectivity index (χ1n) is 7.91. The highest BCUT2D eigenvalue weighted by Crippen LogP contribution is 2.13. The third kappa shape index (κ3) is 8.44. The Balaban J connectivity index is 2.72. The molecule has 1 amide bonds. The van der Waals surface area contributed by atoms with Crippen molar-refractivity contribution in [2.24, 2.45) is 5.92 Å². The maximum Gasteiger partial charge on any atom is 0.308 e. The van der Waals surface area contributed by atoms with Crippen molar-refractivity contribution in [1.82, 2.24) is 5.32 Å². The van der Waals surface area contributed by atoms with E-state index in [2.05, 4.69) is 21.2 Å². The van der Waals surface area contributed by atoms with E-state index in [0.717, 1.165) is 4.47 Å². The average Bonchev–Trinajstić information content (AvgIpc) is 2.58. The summed E-state index contributed by atoms with van der Waals surface area (Å²) >= 11 is 3.32. The molecule has 1 aromatic carbocycles. The van der Waals surface area contributed by atoms with E-state index in [4.69, 9.17) is 14.2 Å². The van der Waals surface area contributed by atoms with Gasteiger partial charge in [-0.05, 0) is 37.6 Å². The van der Waals surface area contributed by atoms with Gasteiger partial charge in [0.15, 0.2) is 0 Å². The summed E-state index contributed by atoms with van der Waals surface area (Å²) in [4.78, 5) is 23.7. The molecular weight excluding hydrogens is 394 g/mol. The van der Waals surface area contributed by atoms with Crippen LogP contribution in [0.3, 0.4) is 0 Å². The van der Waals surface area contributed by atoms with Crippen molar-refractivity contribution in [2.45, 2.75) is 19.4 Å². The average molecular weight is 418 g/mol. The fraction of sp³-hybridized carbons (Fsp3) is 0.529. The number of carbonyl (C=O) groups excluding carboxylic acids is 1. The van der Waals surface area contributed by atoms with Crippen LogP contribution in [0.4, 0.5) is 0 Å². The number of carbonyl (C=O) groups is 2. The van der Waals surface area contributed by atoms with Gasteiger partial charge in [0.2, 0.25) is 0 Å². The smallest absolute Gasteiger partial charge is 0.308 e. The second-order valence-electron chi connectivity index (χ2n) is 5.38. The molecule has 7 nitrogen and oxygen atoms in total. The van der Waals surface area contributed by atoms with Gasteiger partial charge in [0, 0.05) is 23.8 Å². The van der Waals surface area contributed by atoms with Gasteiger partial charge in [-0.3, -0.25) is 9.59 Å². The van der Waals surface area contributed by atoms with Crippen LogP contribution in [0.15, 0.2) is 28.7 Å². The molecule has 0 fully saturated rings. The van der Waals surface area contributed by atoms with Crippen LogP contribution in [0.25, 0.3) is 0 Å². The van der Waals surface area contributed by atoms with Gasteiger partial charge in [0.25, 0.3) is 5.91 Å². The maximum absolute atomic E-state index is 12.4. The predicted octanol–water partition coefficient (Wildman–Crippen LogP) is 2.30. The topological polar surface area (TPSA) is 94.1 Å². The highest BCUT2D eigenvalue weighted by molar-refractivity contribution is 9.10. The molecule has 0 spiro atoms. The Morgan fingerprint density at radius 2 is 1.88 bits per heavy atom. The normalized spacial score (nSPS) is 13.2. The molecule has 1 aromatic rings. The van der Waals surface area contributed by atoms with Gasteiger partial charge in [-0.15, -0.1) is 0 Å². The minimum atomic E-state index is -0.977. The van der Waals surface area contributed by atoms with Gasteiger partial charge in [0.1, 0.15) is 6.79 Å². The molecule has 8 heteroatoms. The van der Waals surface area contributed by atoms with Crippen LogP contribution in [0.1, 0.15) is 23.7 Å². The molecule has 0 aliphatic rings. The van der Waals surface area contributed by atoms with E-state index in [-0.39, 0.29) is 32.3 Å². The Kier molecular flexibility index (Phi) is 10.3. The number of halogens is 1. The van der Waals surface area contributed by atoms with Gasteiger partial charge in [-0.2, -0.15) is 0 Å². The number of methoxy groups -OCH3 is 1. The number of hydrogen-bond donors (Lipinski definition) is 2. The molecule has 140 valence electrons. The van der Waals surface area contributed by atoms with E-state index in [1.165, 1.54) is 7.11 Å². The lowest BCUT2D eigenvalue weighted by Crippen LogP contribution is -2.41. The summed E-state index contributed by atoms with van der Waals surface area (Å²) < 4.78 is 16.3. The summed E-state index contributed by atoms with van der Waals surface area (Å²) in [5, 5.41) is 12.1. The second kappa shape index (κ2) is 12.0. The monoisotopic (exact) mass is 417 g/mol. The number of hydrogen-bond acceptors (Lipinski definition) is 5. The first kappa shape index (κ1) is 21.6. The lowest BCUT2D eigenvalue weighted by Gasteiger charge is -2.22. The van der Waals surface area contributed by atoms with E-state index in [9.17, 15) is 14.7 Å². The van der Waals surface area contributed by atoms with E-state index < -0.39 is 17.9 Å². The van der Waals surface area contributed by atoms with Gasteiger partial charge >= 0.3 is 5.97 Å². The molecule has 2 N–H and O–H groups in total. The predicted molar refractivity (Wildman–Crippen MR) is 95.5 cm³/mol. The molecular formula is C17H24BrNO6. The zero-order valence-corrected chi connectivity index (χ0v) is 16.0. The van der Waals surface area contributed by atoms with Crippen LogP contribution >= 0.6 is 15.9 Å². The van der Waals surface area contributed by atoms with Crippen molar-refractivity contribution in [1.29, 1.82) is 0 Å². The number of nitrogens with one attached hydrogen (secondary N) is 1. The Labute approximate surface area is 155 Å². The highest BCUT2D eigenvalue weighted by Gasteiger charge is 2.24. The zero-order valence-electron chi connectivity index (χ0n) is 14.4. The van der Waals surface area contributed by atoms with Crippen LogP contribution in [-0.2, 0) is 19.0 Å². The van der Waals surface area contributed by atoms with Crippen LogP contribution in [-0.4, -0.2) is 56.7 Å². The quantitative estimate of drug-likeness (QED) is 0.400. The number of amides is 1. The molecule has 2 unspecified atom stereocenters. The van der Waals surface area contributed by atoms with Crippen LogP contribution in [0.2, 0.25) is 0 Å². The number of rotatable bonds is 12. The summed E-state index contributed by atoms with van der Waals surface area (Å²) in [5.74, 6) is -2.01. The summed E-state index contributed by atoms with van der Waals surface area (Å²) in [6.45, 7) is 2.65. The molecule has 25 heavy (non-hydrogen) atoms. The molecule has 0 bridgehead atoms. The lowest BCUT2D eigenvalue weighted by molar-refractivity contribution is -0.144. The molecule has 0 heterocycles. The summed E-state index contributed by atoms with van der Waals surface area (Å²) in [5.41, 5.74) is 0.483. The largest absolute Gasteiger partial charge is 0.481 e. The third-order valence-electron chi connectivity index (χ3n) is 3.42. The van der Waals surface area contributed by atoms with Crippen LogP contribution in [0, 0.1) is 5.92 Å². The Morgan fingerprint density at radius 1 is 1.20 bits per heavy atom. The highest BCUT2D eigenvalue weighted by atomic mass is 79.9. The Hall–Kier alpha value is -1.48. The van der Waals surface area contributed by atoms with E-state index in [1.54, 1.807) is 24.3 Å². The number of carboxylic acid groups (broad SMARTS) is 1. The minimum absolute atomic E-state index is 0.0610. The van der Waals surface area contributed by atoms with Crippen LogP contribution in [0.5, 0.6) is 0 Å². The minimum Gasteiger partial charge on any atom is -0.481 e.